The van der Waals surface area contributed by atoms with Gasteiger partial charge in [0.25, 0.3) is 0 Å². The Morgan fingerprint density at radius 2 is 2.41 bits per heavy atom. The Morgan fingerprint density at radius 1 is 1.59 bits per heavy atom. The van der Waals surface area contributed by atoms with Crippen molar-refractivity contribution < 1.29 is 9.90 Å². The van der Waals surface area contributed by atoms with E-state index < -0.39 is 11.8 Å². The molecular formula is C14H17N5O2S. The number of fused-ring (bicyclic) bond motifs is 1. The normalized spacial score (nSPS) is 20.5. The lowest BCUT2D eigenvalue weighted by Crippen LogP contribution is -2.39. The summed E-state index contributed by atoms with van der Waals surface area (Å²) in [6, 6.07) is 3.53. The van der Waals surface area contributed by atoms with Gasteiger partial charge in [-0.25, -0.2) is 4.68 Å². The number of anilines is 1. The van der Waals surface area contributed by atoms with Gasteiger partial charge in [-0.3, -0.25) is 4.79 Å². The van der Waals surface area contributed by atoms with E-state index in [9.17, 15) is 4.79 Å². The molecule has 2 atom stereocenters. The van der Waals surface area contributed by atoms with Gasteiger partial charge < -0.3 is 16.2 Å². The molecule has 1 aliphatic rings. The molecule has 3 rings (SSSR count). The van der Waals surface area contributed by atoms with Crippen LogP contribution in [0.1, 0.15) is 23.2 Å². The second-order valence-corrected chi connectivity index (χ2v) is 6.09. The second-order valence-electron chi connectivity index (χ2n) is 5.11. The molecule has 0 saturated carbocycles. The summed E-state index contributed by atoms with van der Waals surface area (Å²) in [5.41, 5.74) is 6.10. The Kier molecular flexibility index (Phi) is 3.95. The lowest BCUT2D eigenvalue weighted by molar-refractivity contribution is -0.121. The van der Waals surface area contributed by atoms with Gasteiger partial charge in [-0.15, -0.1) is 11.3 Å². The minimum absolute atomic E-state index is 0.0856. The molecule has 0 spiro atoms. The molecule has 2 aromatic rings. The van der Waals surface area contributed by atoms with Crippen LogP contribution in [0.3, 0.4) is 0 Å². The third-order valence-corrected chi connectivity index (χ3v) is 4.54. The largest absolute Gasteiger partial charge is 0.396 e. The van der Waals surface area contributed by atoms with Crippen LogP contribution in [0.4, 0.5) is 5.95 Å². The highest BCUT2D eigenvalue weighted by Crippen LogP contribution is 2.38. The lowest BCUT2D eigenvalue weighted by atomic mass is 9.93. The number of nitrogens with one attached hydrogen (secondary N) is 1. The predicted octanol–water partition coefficient (Wildman–Crippen LogP) is 0.895. The van der Waals surface area contributed by atoms with Gasteiger partial charge in [0, 0.05) is 23.6 Å². The van der Waals surface area contributed by atoms with Crippen LogP contribution in [-0.4, -0.2) is 32.4 Å². The molecule has 22 heavy (non-hydrogen) atoms. The first-order chi connectivity index (χ1) is 10.6. The van der Waals surface area contributed by atoms with Gasteiger partial charge >= 0.3 is 0 Å². The highest BCUT2D eigenvalue weighted by atomic mass is 32.1. The second kappa shape index (κ2) is 5.90. The lowest BCUT2D eigenvalue weighted by Gasteiger charge is -2.31. The van der Waals surface area contributed by atoms with Crippen molar-refractivity contribution in [2.24, 2.45) is 11.7 Å². The predicted molar refractivity (Wildman–Crippen MR) is 83.3 cm³/mol. The van der Waals surface area contributed by atoms with Gasteiger partial charge in [0.2, 0.25) is 11.9 Å². The van der Waals surface area contributed by atoms with Crippen molar-refractivity contribution >= 4 is 23.2 Å². The number of amides is 1. The highest BCUT2D eigenvalue weighted by molar-refractivity contribution is 7.10. The van der Waals surface area contributed by atoms with E-state index in [4.69, 9.17) is 10.8 Å². The molecule has 2 aromatic heterocycles. The Bertz CT molecular complexity index is 694. The van der Waals surface area contributed by atoms with E-state index in [1.807, 2.05) is 17.5 Å². The minimum atomic E-state index is -0.585. The summed E-state index contributed by atoms with van der Waals surface area (Å²) in [4.78, 5) is 17.3. The molecular weight excluding hydrogens is 302 g/mol. The van der Waals surface area contributed by atoms with Crippen LogP contribution in [-0.2, 0) is 11.2 Å². The molecule has 4 N–H and O–H groups in total. The van der Waals surface area contributed by atoms with Crippen molar-refractivity contribution in [2.45, 2.75) is 18.9 Å². The fourth-order valence-electron chi connectivity index (χ4n) is 2.61. The molecule has 1 amide bonds. The van der Waals surface area contributed by atoms with E-state index in [0.29, 0.717) is 30.3 Å². The zero-order valence-corrected chi connectivity index (χ0v) is 12.7. The Hall–Kier alpha value is -2.19. The average molecular weight is 319 g/mol. The quantitative estimate of drug-likeness (QED) is 0.759. The highest BCUT2D eigenvalue weighted by Gasteiger charge is 2.39. The SMILES string of the molecule is C=C1Nc2nc(CCCO)nn2C(c2cccs2)C1C(N)=O. The van der Waals surface area contributed by atoms with Crippen molar-refractivity contribution in [3.8, 4) is 0 Å². The number of hydrogen-bond acceptors (Lipinski definition) is 6. The molecule has 0 fully saturated rings. The summed E-state index contributed by atoms with van der Waals surface area (Å²) < 4.78 is 1.70. The summed E-state index contributed by atoms with van der Waals surface area (Å²) >= 11 is 1.54. The van der Waals surface area contributed by atoms with Crippen LogP contribution in [0.5, 0.6) is 0 Å². The number of thiophene rings is 1. The van der Waals surface area contributed by atoms with Crippen molar-refractivity contribution in [1.82, 2.24) is 14.8 Å². The number of primary amides is 1. The zero-order valence-electron chi connectivity index (χ0n) is 11.9. The van der Waals surface area contributed by atoms with E-state index in [0.717, 1.165) is 4.88 Å². The van der Waals surface area contributed by atoms with Crippen molar-refractivity contribution in [2.75, 3.05) is 11.9 Å². The number of rotatable bonds is 5. The molecule has 3 heterocycles. The average Bonchev–Trinajstić information content (AvgIpc) is 3.12. The van der Waals surface area contributed by atoms with Crippen LogP contribution in [0.2, 0.25) is 0 Å². The zero-order chi connectivity index (χ0) is 15.7. The molecule has 7 nitrogen and oxygen atoms in total. The fourth-order valence-corrected chi connectivity index (χ4v) is 3.46. The fraction of sp³-hybridized carbons (Fsp3) is 0.357. The van der Waals surface area contributed by atoms with E-state index in [1.54, 1.807) is 4.68 Å². The third-order valence-electron chi connectivity index (χ3n) is 3.60. The number of aliphatic hydroxyl groups excluding tert-OH is 1. The number of nitrogens with zero attached hydrogens (tertiary/aromatic N) is 3. The van der Waals surface area contributed by atoms with Crippen molar-refractivity contribution in [3.05, 3.63) is 40.5 Å². The van der Waals surface area contributed by atoms with Gasteiger partial charge in [-0.2, -0.15) is 10.1 Å². The summed E-state index contributed by atoms with van der Waals surface area (Å²) in [7, 11) is 0. The van der Waals surface area contributed by atoms with Gasteiger partial charge in [-0.1, -0.05) is 12.6 Å². The molecule has 0 radical (unpaired) electrons. The first-order valence-corrected chi connectivity index (χ1v) is 7.84. The number of nitrogens with two attached hydrogens (primary N) is 1. The monoisotopic (exact) mass is 319 g/mol. The van der Waals surface area contributed by atoms with Crippen molar-refractivity contribution in [1.29, 1.82) is 0 Å². The summed E-state index contributed by atoms with van der Waals surface area (Å²) in [6.45, 7) is 4.00. The van der Waals surface area contributed by atoms with E-state index >= 15 is 0 Å². The van der Waals surface area contributed by atoms with E-state index in [1.165, 1.54) is 11.3 Å². The number of carbonyl (C=O) groups excluding carboxylic acids is 1. The van der Waals surface area contributed by atoms with Gasteiger partial charge in [0.15, 0.2) is 5.82 Å². The molecule has 2 unspecified atom stereocenters. The standard InChI is InChI=1S/C14H17N5O2S/c1-8-11(13(15)21)12(9-4-3-7-22-9)19-14(16-8)17-10(18-19)5-2-6-20/h3-4,7,11-12,20H,1-2,5-6H2,(H2,15,21)(H,16,17,18). The maximum absolute atomic E-state index is 11.9. The molecule has 116 valence electrons. The first-order valence-electron chi connectivity index (χ1n) is 6.96. The van der Waals surface area contributed by atoms with Gasteiger partial charge in [0.05, 0.1) is 0 Å². The Labute approximate surface area is 131 Å². The topological polar surface area (TPSA) is 106 Å². The summed E-state index contributed by atoms with van der Waals surface area (Å²) in [5, 5.41) is 18.4. The number of aliphatic hydroxyl groups is 1. The maximum Gasteiger partial charge on any atom is 0.229 e. The number of aryl methyl sites for hydroxylation is 1. The summed E-state index contributed by atoms with van der Waals surface area (Å²) in [5.74, 6) is 0.136. The van der Waals surface area contributed by atoms with Gasteiger partial charge in [-0.05, 0) is 17.9 Å². The molecule has 1 aliphatic heterocycles. The Morgan fingerprint density at radius 3 is 3.05 bits per heavy atom. The minimum Gasteiger partial charge on any atom is -0.396 e. The van der Waals surface area contributed by atoms with E-state index in [2.05, 4.69) is 22.0 Å². The van der Waals surface area contributed by atoms with Crippen LogP contribution in [0, 0.1) is 5.92 Å². The Balaban J connectivity index is 2.05. The molecule has 0 saturated heterocycles. The van der Waals surface area contributed by atoms with Crippen LogP contribution >= 0.6 is 11.3 Å². The number of carbonyl (C=O) groups is 1. The number of aromatic nitrogens is 3. The third kappa shape index (κ3) is 2.51. The molecule has 0 bridgehead atoms. The van der Waals surface area contributed by atoms with Crippen LogP contribution < -0.4 is 11.1 Å². The smallest absolute Gasteiger partial charge is 0.229 e. The number of hydrogen-bond donors (Lipinski definition) is 3. The van der Waals surface area contributed by atoms with Crippen LogP contribution in [0.15, 0.2) is 29.8 Å². The van der Waals surface area contributed by atoms with Crippen molar-refractivity contribution in [3.63, 3.8) is 0 Å². The summed E-state index contributed by atoms with van der Waals surface area (Å²) in [6.07, 6.45) is 1.16. The maximum atomic E-state index is 11.9. The molecule has 0 aliphatic carbocycles. The molecule has 8 heteroatoms. The van der Waals surface area contributed by atoms with Crippen LogP contribution in [0.25, 0.3) is 0 Å². The first kappa shape index (κ1) is 14.7. The van der Waals surface area contributed by atoms with Gasteiger partial charge in [0.1, 0.15) is 12.0 Å². The molecule has 0 aromatic carbocycles. The van der Waals surface area contributed by atoms with E-state index in [-0.39, 0.29) is 12.6 Å².